The maximum atomic E-state index is 11.5. The van der Waals surface area contributed by atoms with Crippen molar-refractivity contribution in [2.24, 2.45) is 5.92 Å². The van der Waals surface area contributed by atoms with Gasteiger partial charge in [-0.3, -0.25) is 4.79 Å². The predicted octanol–water partition coefficient (Wildman–Crippen LogP) is 0.313. The summed E-state index contributed by atoms with van der Waals surface area (Å²) in [5, 5.41) is 18.2. The Balaban J connectivity index is 2.31. The number of nitrogens with one attached hydrogen (secondary N) is 2. The van der Waals surface area contributed by atoms with Crippen LogP contribution >= 0.6 is 11.8 Å². The van der Waals surface area contributed by atoms with Gasteiger partial charge in [-0.15, -0.1) is 11.7 Å². The zero-order valence-corrected chi connectivity index (χ0v) is 12.8. The Morgan fingerprint density at radius 3 is 3.05 bits per heavy atom. The molecule has 0 bridgehead atoms. The van der Waals surface area contributed by atoms with E-state index in [2.05, 4.69) is 46.6 Å². The van der Waals surface area contributed by atoms with Gasteiger partial charge in [0, 0.05) is 13.1 Å². The minimum Gasteiger partial charge on any atom is -0.352 e. The molecular weight excluding hydrogens is 276 g/mol. The highest BCUT2D eigenvalue weighted by Crippen LogP contribution is 2.12. The van der Waals surface area contributed by atoms with Crippen molar-refractivity contribution in [3.05, 3.63) is 12.7 Å². The first-order valence-electron chi connectivity index (χ1n) is 6.60. The summed E-state index contributed by atoms with van der Waals surface area (Å²) in [6.07, 6.45) is 1.65. The van der Waals surface area contributed by atoms with Gasteiger partial charge in [-0.05, 0) is 22.9 Å². The highest BCUT2D eigenvalue weighted by Gasteiger charge is 2.09. The van der Waals surface area contributed by atoms with Crippen molar-refractivity contribution in [1.29, 1.82) is 0 Å². The molecular formula is C12H22N6OS. The largest absolute Gasteiger partial charge is 0.352 e. The quantitative estimate of drug-likeness (QED) is 0.367. The van der Waals surface area contributed by atoms with Gasteiger partial charge in [-0.25, -0.2) is 4.68 Å². The zero-order chi connectivity index (χ0) is 14.8. The van der Waals surface area contributed by atoms with Gasteiger partial charge in [0.2, 0.25) is 11.1 Å². The third kappa shape index (κ3) is 6.67. The summed E-state index contributed by atoms with van der Waals surface area (Å²) in [4.78, 5) is 11.5. The van der Waals surface area contributed by atoms with Gasteiger partial charge in [-0.1, -0.05) is 31.7 Å². The summed E-state index contributed by atoms with van der Waals surface area (Å²) < 4.78 is 1.71. The Morgan fingerprint density at radius 1 is 1.55 bits per heavy atom. The van der Waals surface area contributed by atoms with Crippen LogP contribution in [-0.2, 0) is 11.3 Å². The third-order valence-corrected chi connectivity index (χ3v) is 3.29. The third-order valence-electron chi connectivity index (χ3n) is 2.33. The lowest BCUT2D eigenvalue weighted by Gasteiger charge is -2.08. The first-order valence-corrected chi connectivity index (χ1v) is 7.59. The Kier molecular flexibility index (Phi) is 7.89. The highest BCUT2D eigenvalue weighted by atomic mass is 32.2. The fraction of sp³-hybridized carbons (Fsp3) is 0.667. The fourth-order valence-corrected chi connectivity index (χ4v) is 2.12. The molecule has 0 aromatic carbocycles. The van der Waals surface area contributed by atoms with Crippen molar-refractivity contribution in [3.63, 3.8) is 0 Å². The average Bonchev–Trinajstić information content (AvgIpc) is 2.86. The first-order chi connectivity index (χ1) is 9.63. The van der Waals surface area contributed by atoms with Crippen molar-refractivity contribution in [3.8, 4) is 0 Å². The maximum Gasteiger partial charge on any atom is 0.230 e. The summed E-state index contributed by atoms with van der Waals surface area (Å²) in [5.41, 5.74) is 0. The number of hydrogen-bond donors (Lipinski definition) is 2. The molecule has 1 aromatic rings. The van der Waals surface area contributed by atoms with E-state index in [9.17, 15) is 4.79 Å². The number of tetrazole rings is 1. The van der Waals surface area contributed by atoms with Crippen LogP contribution in [-0.4, -0.2) is 51.5 Å². The van der Waals surface area contributed by atoms with Crippen molar-refractivity contribution in [2.45, 2.75) is 25.5 Å². The van der Waals surface area contributed by atoms with E-state index >= 15 is 0 Å². The number of rotatable bonds is 10. The lowest BCUT2D eigenvalue weighted by Crippen LogP contribution is -2.26. The van der Waals surface area contributed by atoms with Gasteiger partial charge >= 0.3 is 0 Å². The Labute approximate surface area is 123 Å². The molecule has 0 saturated heterocycles. The van der Waals surface area contributed by atoms with Gasteiger partial charge < -0.3 is 10.6 Å². The van der Waals surface area contributed by atoms with Crippen LogP contribution in [0.4, 0.5) is 0 Å². The number of nitrogens with zero attached hydrogens (tertiary/aromatic N) is 4. The molecule has 0 radical (unpaired) electrons. The second kappa shape index (κ2) is 9.49. The monoisotopic (exact) mass is 298 g/mol. The molecule has 1 amide bonds. The molecule has 0 atom stereocenters. The van der Waals surface area contributed by atoms with E-state index in [0.717, 1.165) is 13.1 Å². The highest BCUT2D eigenvalue weighted by molar-refractivity contribution is 7.99. The van der Waals surface area contributed by atoms with Gasteiger partial charge in [-0.2, -0.15) is 0 Å². The van der Waals surface area contributed by atoms with E-state index < -0.39 is 0 Å². The molecule has 1 heterocycles. The van der Waals surface area contributed by atoms with E-state index in [1.165, 1.54) is 11.8 Å². The molecule has 20 heavy (non-hydrogen) atoms. The minimum absolute atomic E-state index is 0.0533. The lowest BCUT2D eigenvalue weighted by atomic mass is 10.2. The molecule has 0 unspecified atom stereocenters. The predicted molar refractivity (Wildman–Crippen MR) is 79.5 cm³/mol. The molecule has 0 aliphatic carbocycles. The van der Waals surface area contributed by atoms with Gasteiger partial charge in [0.1, 0.15) is 0 Å². The number of carbonyl (C=O) groups is 1. The number of aromatic nitrogens is 4. The molecule has 1 rings (SSSR count). The summed E-state index contributed by atoms with van der Waals surface area (Å²) in [7, 11) is 0. The maximum absolute atomic E-state index is 11.5. The van der Waals surface area contributed by atoms with E-state index in [1.807, 2.05) is 0 Å². The molecule has 0 aliphatic rings. The Bertz CT molecular complexity index is 420. The first kappa shape index (κ1) is 16.6. The summed E-state index contributed by atoms with van der Waals surface area (Å²) in [5.74, 6) is 0.863. The second-order valence-corrected chi connectivity index (χ2v) is 5.61. The summed E-state index contributed by atoms with van der Waals surface area (Å²) >= 11 is 1.33. The standard InChI is InChI=1S/C12H22N6OS/c1-4-5-14-11(19)9-20-12-15-16-17-18(12)7-6-13-8-10(2)3/h4,10,13H,1,5-9H2,2-3H3,(H,14,19). The van der Waals surface area contributed by atoms with Gasteiger partial charge in [0.05, 0.1) is 12.3 Å². The van der Waals surface area contributed by atoms with Gasteiger partial charge in [0.25, 0.3) is 0 Å². The van der Waals surface area contributed by atoms with Crippen LogP contribution in [0.15, 0.2) is 17.8 Å². The minimum atomic E-state index is -0.0533. The van der Waals surface area contributed by atoms with Crippen molar-refractivity contribution >= 4 is 17.7 Å². The van der Waals surface area contributed by atoms with Crippen LogP contribution in [0.2, 0.25) is 0 Å². The molecule has 0 fully saturated rings. The normalized spacial score (nSPS) is 10.8. The molecule has 0 aliphatic heterocycles. The molecule has 0 saturated carbocycles. The Morgan fingerprint density at radius 2 is 2.35 bits per heavy atom. The summed E-state index contributed by atoms with van der Waals surface area (Å²) in [6, 6.07) is 0. The molecule has 112 valence electrons. The zero-order valence-electron chi connectivity index (χ0n) is 12.0. The number of thioether (sulfide) groups is 1. The molecule has 8 heteroatoms. The smallest absolute Gasteiger partial charge is 0.230 e. The number of hydrogen-bond acceptors (Lipinski definition) is 6. The van der Waals surface area contributed by atoms with Crippen LogP contribution in [0.25, 0.3) is 0 Å². The van der Waals surface area contributed by atoms with Crippen LogP contribution in [0, 0.1) is 5.92 Å². The molecule has 2 N–H and O–H groups in total. The van der Waals surface area contributed by atoms with Crippen molar-refractivity contribution < 1.29 is 4.79 Å². The number of carbonyl (C=O) groups excluding carboxylic acids is 1. The topological polar surface area (TPSA) is 84.7 Å². The Hall–Kier alpha value is -1.41. The lowest BCUT2D eigenvalue weighted by molar-refractivity contribution is -0.118. The van der Waals surface area contributed by atoms with Gasteiger partial charge in [0.15, 0.2) is 0 Å². The second-order valence-electron chi connectivity index (χ2n) is 4.66. The molecule has 7 nitrogen and oxygen atoms in total. The molecule has 0 spiro atoms. The van der Waals surface area contributed by atoms with Crippen LogP contribution in [0.3, 0.4) is 0 Å². The van der Waals surface area contributed by atoms with Crippen LogP contribution < -0.4 is 10.6 Å². The van der Waals surface area contributed by atoms with Crippen molar-refractivity contribution in [2.75, 3.05) is 25.4 Å². The van der Waals surface area contributed by atoms with Crippen molar-refractivity contribution in [1.82, 2.24) is 30.8 Å². The van der Waals surface area contributed by atoms with Crippen LogP contribution in [0.5, 0.6) is 0 Å². The summed E-state index contributed by atoms with van der Waals surface area (Å²) in [6.45, 7) is 10.8. The van der Waals surface area contributed by atoms with E-state index in [-0.39, 0.29) is 5.91 Å². The number of amides is 1. The molecule has 1 aromatic heterocycles. The van der Waals surface area contributed by atoms with Crippen LogP contribution in [0.1, 0.15) is 13.8 Å². The van der Waals surface area contributed by atoms with E-state index in [4.69, 9.17) is 0 Å². The van der Waals surface area contributed by atoms with E-state index in [1.54, 1.807) is 10.8 Å². The van der Waals surface area contributed by atoms with E-state index in [0.29, 0.717) is 29.9 Å². The SMILES string of the molecule is C=CCNC(=O)CSc1nnnn1CCNCC(C)C. The fourth-order valence-electron chi connectivity index (χ4n) is 1.38. The average molecular weight is 298 g/mol.